The van der Waals surface area contributed by atoms with Crippen molar-refractivity contribution < 1.29 is 4.74 Å². The fraction of sp³-hybridized carbons (Fsp3) is 0.733. The molecule has 0 saturated carbocycles. The molecule has 0 N–H and O–H groups in total. The van der Waals surface area contributed by atoms with E-state index in [-0.39, 0.29) is 6.10 Å². The van der Waals surface area contributed by atoms with Crippen LogP contribution in [0, 0.1) is 0 Å². The van der Waals surface area contributed by atoms with Crippen LogP contribution in [0.4, 0.5) is 5.82 Å². The van der Waals surface area contributed by atoms with Gasteiger partial charge in [0.1, 0.15) is 0 Å². The molecule has 2 heterocycles. The number of aromatic nitrogens is 2. The monoisotopic (exact) mass is 278 g/mol. The van der Waals surface area contributed by atoms with Crippen LogP contribution in [0.1, 0.15) is 33.6 Å². The molecule has 1 aromatic heterocycles. The zero-order valence-electron chi connectivity index (χ0n) is 12.9. The SMILES string of the molecule is CCCN1CCCN(c2nccnc2OC(C)C)CC1. The Kier molecular flexibility index (Phi) is 5.59. The minimum atomic E-state index is 0.119. The third kappa shape index (κ3) is 4.07. The second kappa shape index (κ2) is 7.43. The van der Waals surface area contributed by atoms with Crippen LogP contribution >= 0.6 is 0 Å². The Morgan fingerprint density at radius 1 is 1.15 bits per heavy atom. The number of rotatable bonds is 5. The predicted molar refractivity (Wildman–Crippen MR) is 81.4 cm³/mol. The number of anilines is 1. The Hall–Kier alpha value is -1.36. The van der Waals surface area contributed by atoms with Crippen molar-refractivity contribution in [3.05, 3.63) is 12.4 Å². The van der Waals surface area contributed by atoms with E-state index in [0.717, 1.165) is 31.9 Å². The van der Waals surface area contributed by atoms with Gasteiger partial charge in [0.15, 0.2) is 5.82 Å². The van der Waals surface area contributed by atoms with Crippen LogP contribution < -0.4 is 9.64 Å². The van der Waals surface area contributed by atoms with Crippen LogP contribution in [-0.2, 0) is 0 Å². The molecule has 1 aliphatic rings. The van der Waals surface area contributed by atoms with Gasteiger partial charge in [0, 0.05) is 32.0 Å². The van der Waals surface area contributed by atoms with E-state index in [9.17, 15) is 0 Å². The van der Waals surface area contributed by atoms with Crippen molar-refractivity contribution in [3.8, 4) is 5.88 Å². The largest absolute Gasteiger partial charge is 0.472 e. The van der Waals surface area contributed by atoms with Crippen LogP contribution in [0.15, 0.2) is 12.4 Å². The van der Waals surface area contributed by atoms with Gasteiger partial charge in [-0.2, -0.15) is 0 Å². The first kappa shape index (κ1) is 15.0. The number of hydrogen-bond acceptors (Lipinski definition) is 5. The first-order valence-corrected chi connectivity index (χ1v) is 7.65. The molecule has 1 aromatic rings. The standard InChI is InChI=1S/C15H26N4O/c1-4-8-18-9-5-10-19(12-11-18)14-15(20-13(2)3)17-7-6-16-14/h6-7,13H,4-5,8-12H2,1-3H3. The van der Waals surface area contributed by atoms with Gasteiger partial charge in [0.2, 0.25) is 0 Å². The molecule has 1 aliphatic heterocycles. The van der Waals surface area contributed by atoms with Crippen molar-refractivity contribution in [1.29, 1.82) is 0 Å². The van der Waals surface area contributed by atoms with Crippen molar-refractivity contribution in [1.82, 2.24) is 14.9 Å². The average Bonchev–Trinajstić information content (AvgIpc) is 2.65. The van der Waals surface area contributed by atoms with E-state index in [1.807, 2.05) is 13.8 Å². The van der Waals surface area contributed by atoms with Gasteiger partial charge in [0.05, 0.1) is 6.10 Å². The smallest absolute Gasteiger partial charge is 0.257 e. The van der Waals surface area contributed by atoms with Crippen LogP contribution in [0.5, 0.6) is 5.88 Å². The first-order chi connectivity index (χ1) is 9.70. The molecule has 1 saturated heterocycles. The van der Waals surface area contributed by atoms with Gasteiger partial charge in [-0.15, -0.1) is 0 Å². The molecule has 2 rings (SSSR count). The van der Waals surface area contributed by atoms with Gasteiger partial charge in [-0.1, -0.05) is 6.92 Å². The summed E-state index contributed by atoms with van der Waals surface area (Å²) in [6.45, 7) is 11.7. The highest BCUT2D eigenvalue weighted by molar-refractivity contribution is 5.48. The lowest BCUT2D eigenvalue weighted by Gasteiger charge is -2.24. The van der Waals surface area contributed by atoms with Gasteiger partial charge in [-0.3, -0.25) is 0 Å². The van der Waals surface area contributed by atoms with E-state index in [4.69, 9.17) is 4.74 Å². The maximum absolute atomic E-state index is 5.78. The highest BCUT2D eigenvalue weighted by Crippen LogP contribution is 2.24. The van der Waals surface area contributed by atoms with Gasteiger partial charge in [-0.05, 0) is 39.8 Å². The van der Waals surface area contributed by atoms with Crippen LogP contribution in [0.2, 0.25) is 0 Å². The summed E-state index contributed by atoms with van der Waals surface area (Å²) in [6, 6.07) is 0. The fourth-order valence-electron chi connectivity index (χ4n) is 2.56. The molecule has 5 nitrogen and oxygen atoms in total. The Balaban J connectivity index is 2.07. The van der Waals surface area contributed by atoms with Crippen LogP contribution in [-0.4, -0.2) is 53.7 Å². The summed E-state index contributed by atoms with van der Waals surface area (Å²) in [4.78, 5) is 13.7. The summed E-state index contributed by atoms with van der Waals surface area (Å²) < 4.78 is 5.78. The van der Waals surface area contributed by atoms with E-state index in [2.05, 4.69) is 26.7 Å². The molecule has 1 fully saturated rings. The highest BCUT2D eigenvalue weighted by Gasteiger charge is 2.19. The molecular formula is C15H26N4O. The van der Waals surface area contributed by atoms with Gasteiger partial charge >= 0.3 is 0 Å². The molecule has 0 aromatic carbocycles. The normalized spacial score (nSPS) is 17.3. The van der Waals surface area contributed by atoms with Crippen molar-refractivity contribution in [2.24, 2.45) is 0 Å². The minimum Gasteiger partial charge on any atom is -0.472 e. The summed E-state index contributed by atoms with van der Waals surface area (Å²) in [5.41, 5.74) is 0. The lowest BCUT2D eigenvalue weighted by molar-refractivity contribution is 0.232. The van der Waals surface area contributed by atoms with Crippen molar-refractivity contribution in [2.45, 2.75) is 39.7 Å². The van der Waals surface area contributed by atoms with E-state index in [1.54, 1.807) is 12.4 Å². The van der Waals surface area contributed by atoms with Crippen molar-refractivity contribution in [2.75, 3.05) is 37.6 Å². The summed E-state index contributed by atoms with van der Waals surface area (Å²) in [5, 5.41) is 0. The fourth-order valence-corrected chi connectivity index (χ4v) is 2.56. The Labute approximate surface area is 122 Å². The molecule has 0 atom stereocenters. The average molecular weight is 278 g/mol. The summed E-state index contributed by atoms with van der Waals surface area (Å²) in [5.74, 6) is 1.55. The Morgan fingerprint density at radius 2 is 1.95 bits per heavy atom. The third-order valence-electron chi connectivity index (χ3n) is 3.42. The summed E-state index contributed by atoms with van der Waals surface area (Å²) >= 11 is 0. The van der Waals surface area contributed by atoms with Crippen LogP contribution in [0.25, 0.3) is 0 Å². The number of ether oxygens (including phenoxy) is 1. The molecule has 112 valence electrons. The third-order valence-corrected chi connectivity index (χ3v) is 3.42. The molecule has 0 amide bonds. The van der Waals surface area contributed by atoms with Crippen molar-refractivity contribution in [3.63, 3.8) is 0 Å². The summed E-state index contributed by atoms with van der Waals surface area (Å²) in [7, 11) is 0. The molecular weight excluding hydrogens is 252 g/mol. The van der Waals surface area contributed by atoms with Gasteiger partial charge in [-0.25, -0.2) is 9.97 Å². The topological polar surface area (TPSA) is 41.5 Å². The van der Waals surface area contributed by atoms with Crippen LogP contribution in [0.3, 0.4) is 0 Å². The second-order valence-corrected chi connectivity index (χ2v) is 5.53. The molecule has 0 radical (unpaired) electrons. The second-order valence-electron chi connectivity index (χ2n) is 5.53. The highest BCUT2D eigenvalue weighted by atomic mass is 16.5. The maximum Gasteiger partial charge on any atom is 0.257 e. The number of nitrogens with zero attached hydrogens (tertiary/aromatic N) is 4. The summed E-state index contributed by atoms with van der Waals surface area (Å²) in [6.07, 6.45) is 5.94. The van der Waals surface area contributed by atoms with Gasteiger partial charge < -0.3 is 14.5 Å². The molecule has 0 unspecified atom stereocenters. The van der Waals surface area contributed by atoms with Gasteiger partial charge in [0.25, 0.3) is 5.88 Å². The zero-order chi connectivity index (χ0) is 14.4. The first-order valence-electron chi connectivity index (χ1n) is 7.65. The van der Waals surface area contributed by atoms with E-state index in [1.165, 1.54) is 19.5 Å². The zero-order valence-corrected chi connectivity index (χ0v) is 12.9. The molecule has 0 bridgehead atoms. The number of hydrogen-bond donors (Lipinski definition) is 0. The molecule has 0 aliphatic carbocycles. The molecule has 0 spiro atoms. The maximum atomic E-state index is 5.78. The lowest BCUT2D eigenvalue weighted by atomic mass is 10.3. The van der Waals surface area contributed by atoms with E-state index >= 15 is 0 Å². The van der Waals surface area contributed by atoms with Crippen molar-refractivity contribution >= 4 is 5.82 Å². The van der Waals surface area contributed by atoms with E-state index < -0.39 is 0 Å². The molecule has 5 heteroatoms. The minimum absolute atomic E-state index is 0.119. The molecule has 20 heavy (non-hydrogen) atoms. The lowest BCUT2D eigenvalue weighted by Crippen LogP contribution is -2.32. The quantitative estimate of drug-likeness (QED) is 0.826. The predicted octanol–water partition coefficient (Wildman–Crippen LogP) is 2.19. The Bertz CT molecular complexity index is 411. The Morgan fingerprint density at radius 3 is 2.70 bits per heavy atom. The van der Waals surface area contributed by atoms with E-state index in [0.29, 0.717) is 5.88 Å².